The van der Waals surface area contributed by atoms with Gasteiger partial charge in [0.2, 0.25) is 4.33 Å². The molecule has 4 bridgehead atoms. The van der Waals surface area contributed by atoms with E-state index >= 15 is 0 Å². The molecule has 5 aliphatic carbocycles. The summed E-state index contributed by atoms with van der Waals surface area (Å²) in [6.07, 6.45) is 4.27. The largest absolute Gasteiger partial charge is 0.479 e. The van der Waals surface area contributed by atoms with Gasteiger partial charge in [-0.05, 0) is 37.2 Å². The quantitative estimate of drug-likeness (QED) is 0.592. The second kappa shape index (κ2) is 2.77. The molecule has 16 heavy (non-hydrogen) atoms. The van der Waals surface area contributed by atoms with Gasteiger partial charge < -0.3 is 10.2 Å². The molecule has 0 aromatic carbocycles. The van der Waals surface area contributed by atoms with Crippen LogP contribution in [0.1, 0.15) is 25.7 Å². The summed E-state index contributed by atoms with van der Waals surface area (Å²) in [5.41, 5.74) is -0.462. The van der Waals surface area contributed by atoms with Crippen molar-refractivity contribution in [3.8, 4) is 0 Å². The molecule has 3 unspecified atom stereocenters. The summed E-state index contributed by atoms with van der Waals surface area (Å²) in [6.45, 7) is 0. The number of rotatable bonds is 2. The SMILES string of the molecule is O=C(O)C(Cl)(Cl)C12CC=C3C(CC3(O)C1)C2. The average Bonchev–Trinajstić information content (AvgIpc) is 2.16. The molecule has 3 atom stereocenters. The van der Waals surface area contributed by atoms with Gasteiger partial charge in [0.25, 0.3) is 0 Å². The van der Waals surface area contributed by atoms with Crippen LogP contribution in [-0.2, 0) is 4.79 Å². The molecule has 0 aliphatic heterocycles. The van der Waals surface area contributed by atoms with Crippen LogP contribution >= 0.6 is 23.2 Å². The number of halogens is 2. The fraction of sp³-hybridized carbons (Fsp3) is 0.727. The number of aliphatic hydroxyl groups is 1. The normalized spacial score (nSPS) is 44.9. The molecule has 5 rings (SSSR count). The fourth-order valence-corrected chi connectivity index (χ4v) is 4.20. The molecule has 3 nitrogen and oxygen atoms in total. The second-order valence-electron chi connectivity index (χ2n) is 5.34. The molecule has 3 saturated carbocycles. The number of hydrogen-bond acceptors (Lipinski definition) is 2. The summed E-state index contributed by atoms with van der Waals surface area (Å²) in [6, 6.07) is 0. The lowest BCUT2D eigenvalue weighted by Crippen LogP contribution is -2.64. The minimum Gasteiger partial charge on any atom is -0.479 e. The van der Waals surface area contributed by atoms with Crippen LogP contribution in [0.25, 0.3) is 0 Å². The van der Waals surface area contributed by atoms with E-state index in [1.807, 2.05) is 6.08 Å². The van der Waals surface area contributed by atoms with Gasteiger partial charge in [-0.25, -0.2) is 4.79 Å². The maximum atomic E-state index is 11.2. The summed E-state index contributed by atoms with van der Waals surface area (Å²) in [7, 11) is 0. The van der Waals surface area contributed by atoms with Crippen molar-refractivity contribution in [3.63, 3.8) is 0 Å². The number of allylic oxidation sites excluding steroid dienone is 1. The van der Waals surface area contributed by atoms with Crippen LogP contribution < -0.4 is 0 Å². The van der Waals surface area contributed by atoms with Gasteiger partial charge in [0.1, 0.15) is 0 Å². The lowest BCUT2D eigenvalue weighted by atomic mass is 9.44. The third-order valence-corrected chi connectivity index (χ3v) is 5.60. The standard InChI is InChI=1S/C11H12Cl2O3/c12-11(13,8(14)15)9-2-1-7-6(3-9)4-10(7,16)5-9/h1,6,16H,2-5H2,(H,14,15). The summed E-state index contributed by atoms with van der Waals surface area (Å²) >= 11 is 12.0. The van der Waals surface area contributed by atoms with Gasteiger partial charge in [0.15, 0.2) is 0 Å². The van der Waals surface area contributed by atoms with Gasteiger partial charge in [0.05, 0.1) is 5.60 Å². The van der Waals surface area contributed by atoms with Gasteiger partial charge in [0, 0.05) is 5.41 Å². The minimum absolute atomic E-state index is 0.281. The van der Waals surface area contributed by atoms with Crippen molar-refractivity contribution < 1.29 is 15.0 Å². The molecule has 88 valence electrons. The molecular formula is C11H12Cl2O3. The van der Waals surface area contributed by atoms with Crippen LogP contribution in [0, 0.1) is 11.3 Å². The zero-order valence-corrected chi connectivity index (χ0v) is 10.1. The Kier molecular flexibility index (Phi) is 1.88. The van der Waals surface area contributed by atoms with Crippen molar-refractivity contribution in [2.45, 2.75) is 35.6 Å². The van der Waals surface area contributed by atoms with Gasteiger partial charge in [-0.15, -0.1) is 0 Å². The van der Waals surface area contributed by atoms with Crippen LogP contribution in [0.5, 0.6) is 0 Å². The van der Waals surface area contributed by atoms with Crippen LogP contribution in [0.4, 0.5) is 0 Å². The van der Waals surface area contributed by atoms with Crippen LogP contribution in [0.15, 0.2) is 11.6 Å². The van der Waals surface area contributed by atoms with Gasteiger partial charge in [-0.1, -0.05) is 29.3 Å². The second-order valence-corrected chi connectivity index (χ2v) is 6.66. The maximum Gasteiger partial charge on any atom is 0.340 e. The van der Waals surface area contributed by atoms with E-state index < -0.39 is 21.3 Å². The van der Waals surface area contributed by atoms with E-state index in [0.717, 1.165) is 12.0 Å². The third-order valence-electron chi connectivity index (χ3n) is 4.48. The third kappa shape index (κ3) is 1.02. The highest BCUT2D eigenvalue weighted by atomic mass is 35.5. The molecule has 5 aliphatic rings. The highest BCUT2D eigenvalue weighted by Gasteiger charge is 2.68. The predicted octanol–water partition coefficient (Wildman–Crippen LogP) is 2.11. The Balaban J connectivity index is 2.04. The van der Waals surface area contributed by atoms with E-state index in [1.54, 1.807) is 0 Å². The van der Waals surface area contributed by atoms with Gasteiger partial charge in [-0.3, -0.25) is 0 Å². The first-order valence-corrected chi connectivity index (χ1v) is 6.11. The first kappa shape index (κ1) is 10.9. The van der Waals surface area contributed by atoms with Crippen LogP contribution in [0.2, 0.25) is 0 Å². The fourth-order valence-electron chi connectivity index (χ4n) is 3.76. The zero-order chi connectivity index (χ0) is 11.8. The van der Waals surface area contributed by atoms with E-state index in [4.69, 9.17) is 28.3 Å². The number of fused-ring (bicyclic) bond motifs is 1. The highest BCUT2D eigenvalue weighted by molar-refractivity contribution is 6.58. The first-order valence-electron chi connectivity index (χ1n) is 5.35. The van der Waals surface area contributed by atoms with E-state index in [9.17, 15) is 9.90 Å². The average molecular weight is 263 g/mol. The number of carbonyl (C=O) groups is 1. The molecule has 5 heteroatoms. The van der Waals surface area contributed by atoms with E-state index in [-0.39, 0.29) is 5.92 Å². The van der Waals surface area contributed by atoms with E-state index in [2.05, 4.69) is 0 Å². The molecule has 0 saturated heterocycles. The zero-order valence-electron chi connectivity index (χ0n) is 8.54. The molecule has 0 spiro atoms. The molecular weight excluding hydrogens is 251 g/mol. The van der Waals surface area contributed by atoms with E-state index in [0.29, 0.717) is 19.3 Å². The Morgan fingerprint density at radius 1 is 1.50 bits per heavy atom. The number of carboxylic acid groups (broad SMARTS) is 1. The van der Waals surface area contributed by atoms with Crippen molar-refractivity contribution in [2.24, 2.45) is 11.3 Å². The predicted molar refractivity (Wildman–Crippen MR) is 59.5 cm³/mol. The maximum absolute atomic E-state index is 11.2. The molecule has 0 aromatic rings. The monoisotopic (exact) mass is 262 g/mol. The number of aliphatic carboxylic acids is 1. The Hall–Kier alpha value is -0.250. The Morgan fingerprint density at radius 3 is 2.69 bits per heavy atom. The topological polar surface area (TPSA) is 57.5 Å². The smallest absolute Gasteiger partial charge is 0.340 e. The summed E-state index contributed by atoms with van der Waals surface area (Å²) < 4.78 is -1.80. The molecule has 0 amide bonds. The Labute approximate surface area is 103 Å². The molecule has 0 radical (unpaired) electrons. The molecule has 3 fully saturated rings. The molecule has 0 heterocycles. The Bertz CT molecular complexity index is 417. The summed E-state index contributed by atoms with van der Waals surface area (Å²) in [4.78, 5) is 11.2. The minimum atomic E-state index is -1.80. The van der Waals surface area contributed by atoms with Crippen molar-refractivity contribution >= 4 is 29.2 Å². The van der Waals surface area contributed by atoms with E-state index in [1.165, 1.54) is 0 Å². The lowest BCUT2D eigenvalue weighted by molar-refractivity contribution is -0.152. The van der Waals surface area contributed by atoms with Crippen molar-refractivity contribution in [2.75, 3.05) is 0 Å². The van der Waals surface area contributed by atoms with Crippen molar-refractivity contribution in [3.05, 3.63) is 11.6 Å². The summed E-state index contributed by atoms with van der Waals surface area (Å²) in [5.74, 6) is -0.929. The number of alkyl halides is 2. The summed E-state index contributed by atoms with van der Waals surface area (Å²) in [5, 5.41) is 19.4. The van der Waals surface area contributed by atoms with Crippen LogP contribution in [-0.4, -0.2) is 26.1 Å². The Morgan fingerprint density at radius 2 is 2.19 bits per heavy atom. The number of carboxylic acids is 1. The van der Waals surface area contributed by atoms with Crippen LogP contribution in [0.3, 0.4) is 0 Å². The highest BCUT2D eigenvalue weighted by Crippen LogP contribution is 2.69. The van der Waals surface area contributed by atoms with Gasteiger partial charge >= 0.3 is 5.97 Å². The lowest BCUT2D eigenvalue weighted by Gasteiger charge is -2.64. The molecule has 0 aromatic heterocycles. The van der Waals surface area contributed by atoms with Crippen molar-refractivity contribution in [1.82, 2.24) is 0 Å². The first-order chi connectivity index (χ1) is 7.31. The molecule has 2 N–H and O–H groups in total. The van der Waals surface area contributed by atoms with Gasteiger partial charge in [-0.2, -0.15) is 0 Å². The number of hydrogen-bond donors (Lipinski definition) is 2. The van der Waals surface area contributed by atoms with Crippen molar-refractivity contribution in [1.29, 1.82) is 0 Å².